The minimum absolute atomic E-state index is 0.211. The van der Waals surface area contributed by atoms with Crippen LogP contribution in [-0.4, -0.2) is 23.5 Å². The number of anilines is 1. The van der Waals surface area contributed by atoms with Crippen LogP contribution >= 0.6 is 0 Å². The molecule has 3 N–H and O–H groups in total. The molecule has 0 aromatic carbocycles. The lowest BCUT2D eigenvalue weighted by Crippen LogP contribution is -2.36. The van der Waals surface area contributed by atoms with E-state index in [1.165, 1.54) is 0 Å². The molecule has 0 aliphatic carbocycles. The Labute approximate surface area is 108 Å². The Morgan fingerprint density at radius 2 is 2.28 bits per heavy atom. The lowest BCUT2D eigenvalue weighted by Gasteiger charge is -2.15. The SMILES string of the molecule is CCOc1ncccc1NC(=O)C(N)CC(C)C. The first-order chi connectivity index (χ1) is 8.54. The summed E-state index contributed by atoms with van der Waals surface area (Å²) in [6, 6.07) is 2.98. The molecule has 0 fully saturated rings. The van der Waals surface area contributed by atoms with Crippen molar-refractivity contribution in [1.29, 1.82) is 0 Å². The zero-order valence-corrected chi connectivity index (χ0v) is 11.1. The Hall–Kier alpha value is -1.62. The van der Waals surface area contributed by atoms with E-state index >= 15 is 0 Å². The van der Waals surface area contributed by atoms with Crippen molar-refractivity contribution in [3.05, 3.63) is 18.3 Å². The van der Waals surface area contributed by atoms with E-state index in [9.17, 15) is 4.79 Å². The topological polar surface area (TPSA) is 77.2 Å². The van der Waals surface area contributed by atoms with Gasteiger partial charge in [-0.25, -0.2) is 4.98 Å². The van der Waals surface area contributed by atoms with E-state index in [-0.39, 0.29) is 5.91 Å². The Balaban J connectivity index is 2.69. The largest absolute Gasteiger partial charge is 0.476 e. The van der Waals surface area contributed by atoms with Gasteiger partial charge in [0.1, 0.15) is 5.69 Å². The van der Waals surface area contributed by atoms with Crippen molar-refractivity contribution in [3.8, 4) is 5.88 Å². The normalized spacial score (nSPS) is 12.3. The lowest BCUT2D eigenvalue weighted by atomic mass is 10.0. The summed E-state index contributed by atoms with van der Waals surface area (Å²) in [5, 5.41) is 2.75. The Bertz CT molecular complexity index is 394. The van der Waals surface area contributed by atoms with Crippen LogP contribution in [0, 0.1) is 5.92 Å². The van der Waals surface area contributed by atoms with E-state index in [2.05, 4.69) is 10.3 Å². The molecular weight excluding hydrogens is 230 g/mol. The monoisotopic (exact) mass is 251 g/mol. The molecule has 1 aromatic heterocycles. The number of rotatable bonds is 6. The number of carbonyl (C=O) groups is 1. The van der Waals surface area contributed by atoms with Gasteiger partial charge < -0.3 is 15.8 Å². The summed E-state index contributed by atoms with van der Waals surface area (Å²) in [4.78, 5) is 15.9. The highest BCUT2D eigenvalue weighted by atomic mass is 16.5. The summed E-state index contributed by atoms with van der Waals surface area (Å²) in [7, 11) is 0. The second-order valence-corrected chi connectivity index (χ2v) is 4.51. The standard InChI is InChI=1S/C13H21N3O2/c1-4-18-13-11(6-5-7-15-13)16-12(17)10(14)8-9(2)3/h5-7,9-10H,4,8,14H2,1-3H3,(H,16,17). The molecule has 0 aliphatic rings. The van der Waals surface area contributed by atoms with Gasteiger partial charge >= 0.3 is 0 Å². The summed E-state index contributed by atoms with van der Waals surface area (Å²) in [6.07, 6.45) is 2.27. The molecule has 0 aliphatic heterocycles. The molecule has 0 saturated carbocycles. The fourth-order valence-electron chi connectivity index (χ4n) is 1.58. The summed E-state index contributed by atoms with van der Waals surface area (Å²) >= 11 is 0. The first-order valence-electron chi connectivity index (χ1n) is 6.18. The number of aromatic nitrogens is 1. The second-order valence-electron chi connectivity index (χ2n) is 4.51. The average molecular weight is 251 g/mol. The quantitative estimate of drug-likeness (QED) is 0.808. The van der Waals surface area contributed by atoms with Crippen LogP contribution in [0.4, 0.5) is 5.69 Å². The number of hydrogen-bond acceptors (Lipinski definition) is 4. The Morgan fingerprint density at radius 3 is 2.89 bits per heavy atom. The van der Waals surface area contributed by atoms with Crippen LogP contribution in [0.2, 0.25) is 0 Å². The third kappa shape index (κ3) is 4.33. The van der Waals surface area contributed by atoms with E-state index < -0.39 is 6.04 Å². The van der Waals surface area contributed by atoms with Gasteiger partial charge in [-0.2, -0.15) is 0 Å². The van der Waals surface area contributed by atoms with Crippen molar-refractivity contribution in [1.82, 2.24) is 4.98 Å². The van der Waals surface area contributed by atoms with Crippen LogP contribution in [0.1, 0.15) is 27.2 Å². The lowest BCUT2D eigenvalue weighted by molar-refractivity contribution is -0.117. The van der Waals surface area contributed by atoms with Crippen molar-refractivity contribution < 1.29 is 9.53 Å². The molecule has 1 atom stereocenters. The van der Waals surface area contributed by atoms with Gasteiger partial charge in [0, 0.05) is 6.20 Å². The van der Waals surface area contributed by atoms with E-state index in [4.69, 9.17) is 10.5 Å². The van der Waals surface area contributed by atoms with Crippen molar-refractivity contribution in [2.75, 3.05) is 11.9 Å². The van der Waals surface area contributed by atoms with Crippen molar-refractivity contribution in [2.24, 2.45) is 11.7 Å². The van der Waals surface area contributed by atoms with E-state index in [0.29, 0.717) is 30.5 Å². The molecule has 1 aromatic rings. The van der Waals surface area contributed by atoms with Gasteiger partial charge in [0.05, 0.1) is 12.6 Å². The van der Waals surface area contributed by atoms with Crippen LogP contribution in [0.15, 0.2) is 18.3 Å². The maximum Gasteiger partial charge on any atom is 0.241 e. The molecule has 0 spiro atoms. The van der Waals surface area contributed by atoms with Gasteiger partial charge in [-0.3, -0.25) is 4.79 Å². The molecule has 1 unspecified atom stereocenters. The first kappa shape index (κ1) is 14.4. The second kappa shape index (κ2) is 6.96. The van der Waals surface area contributed by atoms with E-state index in [1.54, 1.807) is 18.3 Å². The molecule has 0 bridgehead atoms. The molecule has 5 heteroatoms. The minimum Gasteiger partial charge on any atom is -0.476 e. The predicted octanol–water partition coefficient (Wildman–Crippen LogP) is 1.79. The molecule has 1 heterocycles. The van der Waals surface area contributed by atoms with Gasteiger partial charge in [0.15, 0.2) is 0 Å². The number of ether oxygens (including phenoxy) is 1. The zero-order chi connectivity index (χ0) is 13.5. The third-order valence-corrected chi connectivity index (χ3v) is 2.37. The molecule has 1 rings (SSSR count). The smallest absolute Gasteiger partial charge is 0.241 e. The first-order valence-corrected chi connectivity index (χ1v) is 6.18. The number of carbonyl (C=O) groups excluding carboxylic acids is 1. The maximum absolute atomic E-state index is 11.9. The highest BCUT2D eigenvalue weighted by Crippen LogP contribution is 2.20. The molecule has 100 valence electrons. The zero-order valence-electron chi connectivity index (χ0n) is 11.1. The fraction of sp³-hybridized carbons (Fsp3) is 0.538. The molecule has 0 saturated heterocycles. The number of nitrogens with one attached hydrogen (secondary N) is 1. The van der Waals surface area contributed by atoms with Gasteiger partial charge in [0.25, 0.3) is 0 Å². The highest BCUT2D eigenvalue weighted by Gasteiger charge is 2.16. The summed E-state index contributed by atoms with van der Waals surface area (Å²) in [5.74, 6) is 0.591. The van der Waals surface area contributed by atoms with Crippen LogP contribution < -0.4 is 15.8 Å². The van der Waals surface area contributed by atoms with Gasteiger partial charge in [-0.15, -0.1) is 0 Å². The minimum atomic E-state index is -0.514. The predicted molar refractivity (Wildman–Crippen MR) is 71.5 cm³/mol. The van der Waals surface area contributed by atoms with Crippen molar-refractivity contribution in [3.63, 3.8) is 0 Å². The molecule has 1 amide bonds. The molecule has 0 radical (unpaired) electrons. The summed E-state index contributed by atoms with van der Waals surface area (Å²) in [5.41, 5.74) is 6.38. The number of hydrogen-bond donors (Lipinski definition) is 2. The van der Waals surface area contributed by atoms with Crippen molar-refractivity contribution >= 4 is 11.6 Å². The number of nitrogens with zero attached hydrogens (tertiary/aromatic N) is 1. The van der Waals surface area contributed by atoms with E-state index in [0.717, 1.165) is 0 Å². The third-order valence-electron chi connectivity index (χ3n) is 2.37. The van der Waals surface area contributed by atoms with Crippen LogP contribution in [0.25, 0.3) is 0 Å². The number of nitrogens with two attached hydrogens (primary N) is 1. The van der Waals surface area contributed by atoms with E-state index in [1.807, 2.05) is 20.8 Å². The van der Waals surface area contributed by atoms with Gasteiger partial charge in [-0.1, -0.05) is 13.8 Å². The fourth-order valence-corrected chi connectivity index (χ4v) is 1.58. The Morgan fingerprint density at radius 1 is 1.56 bits per heavy atom. The molecule has 5 nitrogen and oxygen atoms in total. The van der Waals surface area contributed by atoms with Gasteiger partial charge in [-0.05, 0) is 31.4 Å². The summed E-state index contributed by atoms with van der Waals surface area (Å²) < 4.78 is 5.33. The van der Waals surface area contributed by atoms with Gasteiger partial charge in [0.2, 0.25) is 11.8 Å². The van der Waals surface area contributed by atoms with Crippen molar-refractivity contribution in [2.45, 2.75) is 33.2 Å². The Kier molecular flexibility index (Phi) is 5.58. The molecule has 18 heavy (non-hydrogen) atoms. The highest BCUT2D eigenvalue weighted by molar-refractivity contribution is 5.95. The summed E-state index contributed by atoms with van der Waals surface area (Å²) in [6.45, 7) is 6.42. The number of amides is 1. The van der Waals surface area contributed by atoms with Crippen LogP contribution in [0.3, 0.4) is 0 Å². The van der Waals surface area contributed by atoms with Crippen LogP contribution in [-0.2, 0) is 4.79 Å². The average Bonchev–Trinajstić information content (AvgIpc) is 2.31. The number of pyridine rings is 1. The molecular formula is C13H21N3O2. The van der Waals surface area contributed by atoms with Crippen LogP contribution in [0.5, 0.6) is 5.88 Å². The maximum atomic E-state index is 11.9.